The van der Waals surface area contributed by atoms with Crippen LogP contribution in [0, 0.1) is 11.7 Å². The molecule has 0 saturated heterocycles. The van der Waals surface area contributed by atoms with Gasteiger partial charge in [-0.15, -0.1) is 0 Å². The zero-order valence-electron chi connectivity index (χ0n) is 10.3. The summed E-state index contributed by atoms with van der Waals surface area (Å²) in [6.45, 7) is 5.75. The molecule has 0 heterocycles. The molecule has 1 aromatic carbocycles. The number of halogens is 1. The Balaban J connectivity index is 2.21. The molecule has 0 bridgehead atoms. The summed E-state index contributed by atoms with van der Waals surface area (Å²) in [5, 5.41) is 5.83. The lowest BCUT2D eigenvalue weighted by Crippen LogP contribution is -2.34. The van der Waals surface area contributed by atoms with Gasteiger partial charge in [0.05, 0.1) is 6.54 Å². The molecule has 3 nitrogen and oxygen atoms in total. The van der Waals surface area contributed by atoms with Gasteiger partial charge in [-0.3, -0.25) is 4.79 Å². The van der Waals surface area contributed by atoms with E-state index in [1.807, 2.05) is 0 Å². The molecule has 1 aromatic rings. The largest absolute Gasteiger partial charge is 0.351 e. The summed E-state index contributed by atoms with van der Waals surface area (Å²) in [5.41, 5.74) is 0.892. The zero-order valence-corrected chi connectivity index (χ0v) is 10.3. The van der Waals surface area contributed by atoms with Gasteiger partial charge >= 0.3 is 0 Å². The molecule has 1 rings (SSSR count). The second-order valence-corrected chi connectivity index (χ2v) is 4.43. The first-order valence-corrected chi connectivity index (χ1v) is 5.80. The number of benzene rings is 1. The van der Waals surface area contributed by atoms with Crippen molar-refractivity contribution in [3.63, 3.8) is 0 Å². The Morgan fingerprint density at radius 2 is 1.94 bits per heavy atom. The molecule has 0 unspecified atom stereocenters. The van der Waals surface area contributed by atoms with Gasteiger partial charge in [0, 0.05) is 6.54 Å². The molecule has 0 fully saturated rings. The molecule has 0 atom stereocenters. The Morgan fingerprint density at radius 3 is 2.53 bits per heavy atom. The number of hydrogen-bond acceptors (Lipinski definition) is 2. The van der Waals surface area contributed by atoms with Crippen LogP contribution in [0.4, 0.5) is 4.39 Å². The third-order valence-electron chi connectivity index (χ3n) is 2.24. The summed E-state index contributed by atoms with van der Waals surface area (Å²) in [6, 6.07) is 6.10. The fraction of sp³-hybridized carbons (Fsp3) is 0.462. The second kappa shape index (κ2) is 7.01. The highest BCUT2D eigenvalue weighted by molar-refractivity contribution is 5.77. The van der Waals surface area contributed by atoms with E-state index in [0.29, 0.717) is 19.0 Å². The van der Waals surface area contributed by atoms with E-state index in [2.05, 4.69) is 24.5 Å². The van der Waals surface area contributed by atoms with E-state index in [1.165, 1.54) is 12.1 Å². The minimum Gasteiger partial charge on any atom is -0.351 e. The van der Waals surface area contributed by atoms with Crippen LogP contribution in [0.25, 0.3) is 0 Å². The monoisotopic (exact) mass is 238 g/mol. The number of carbonyl (C=O) groups is 1. The van der Waals surface area contributed by atoms with E-state index in [4.69, 9.17) is 0 Å². The highest BCUT2D eigenvalue weighted by atomic mass is 19.1. The van der Waals surface area contributed by atoms with Gasteiger partial charge in [-0.05, 0) is 30.2 Å². The fourth-order valence-corrected chi connectivity index (χ4v) is 1.34. The summed E-state index contributed by atoms with van der Waals surface area (Å²) in [6.07, 6.45) is 0. The van der Waals surface area contributed by atoms with Crippen LogP contribution in [0.2, 0.25) is 0 Å². The third kappa shape index (κ3) is 6.02. The Labute approximate surface area is 101 Å². The van der Waals surface area contributed by atoms with Gasteiger partial charge in [-0.25, -0.2) is 4.39 Å². The highest BCUT2D eigenvalue weighted by Gasteiger charge is 2.01. The molecule has 94 valence electrons. The molecule has 0 radical (unpaired) electrons. The Kier molecular flexibility index (Phi) is 5.63. The predicted molar refractivity (Wildman–Crippen MR) is 66.0 cm³/mol. The van der Waals surface area contributed by atoms with Crippen molar-refractivity contribution in [2.45, 2.75) is 20.4 Å². The average Bonchev–Trinajstić information content (AvgIpc) is 2.28. The number of carbonyl (C=O) groups excluding carboxylic acids is 1. The van der Waals surface area contributed by atoms with Gasteiger partial charge in [0.25, 0.3) is 0 Å². The third-order valence-corrected chi connectivity index (χ3v) is 2.24. The number of hydrogen-bond donors (Lipinski definition) is 2. The molecule has 0 spiro atoms. The molecule has 2 N–H and O–H groups in total. The number of amides is 1. The summed E-state index contributed by atoms with van der Waals surface area (Å²) >= 11 is 0. The quantitative estimate of drug-likeness (QED) is 0.792. The topological polar surface area (TPSA) is 41.1 Å². The van der Waals surface area contributed by atoms with Crippen LogP contribution in [0.3, 0.4) is 0 Å². The maximum atomic E-state index is 12.6. The van der Waals surface area contributed by atoms with E-state index < -0.39 is 0 Å². The van der Waals surface area contributed by atoms with Crippen molar-refractivity contribution in [1.82, 2.24) is 10.6 Å². The van der Waals surface area contributed by atoms with Crippen LogP contribution < -0.4 is 10.6 Å². The van der Waals surface area contributed by atoms with Crippen molar-refractivity contribution in [1.29, 1.82) is 0 Å². The zero-order chi connectivity index (χ0) is 12.7. The van der Waals surface area contributed by atoms with Crippen molar-refractivity contribution in [3.05, 3.63) is 35.6 Å². The molecule has 0 aliphatic rings. The van der Waals surface area contributed by atoms with Crippen molar-refractivity contribution in [2.24, 2.45) is 5.92 Å². The Bertz CT molecular complexity index is 349. The van der Waals surface area contributed by atoms with E-state index in [1.54, 1.807) is 12.1 Å². The van der Waals surface area contributed by atoms with Crippen molar-refractivity contribution < 1.29 is 9.18 Å². The van der Waals surface area contributed by atoms with Crippen LogP contribution in [0.15, 0.2) is 24.3 Å². The summed E-state index contributed by atoms with van der Waals surface area (Å²) in [4.78, 5) is 11.4. The van der Waals surface area contributed by atoms with E-state index in [0.717, 1.165) is 12.1 Å². The normalized spacial score (nSPS) is 10.6. The van der Waals surface area contributed by atoms with Gasteiger partial charge < -0.3 is 10.6 Å². The van der Waals surface area contributed by atoms with E-state index in [9.17, 15) is 9.18 Å². The molecular weight excluding hydrogens is 219 g/mol. The maximum absolute atomic E-state index is 12.6. The summed E-state index contributed by atoms with van der Waals surface area (Å²) < 4.78 is 12.6. The van der Waals surface area contributed by atoms with Gasteiger partial charge in [-0.1, -0.05) is 26.0 Å². The van der Waals surface area contributed by atoms with Crippen LogP contribution in [0.5, 0.6) is 0 Å². The molecule has 0 aliphatic carbocycles. The van der Waals surface area contributed by atoms with Crippen molar-refractivity contribution in [3.8, 4) is 0 Å². The van der Waals surface area contributed by atoms with Crippen molar-refractivity contribution in [2.75, 3.05) is 13.1 Å². The smallest absolute Gasteiger partial charge is 0.234 e. The van der Waals surface area contributed by atoms with Crippen LogP contribution >= 0.6 is 0 Å². The van der Waals surface area contributed by atoms with Crippen LogP contribution in [0.1, 0.15) is 19.4 Å². The van der Waals surface area contributed by atoms with Gasteiger partial charge in [0.2, 0.25) is 5.91 Å². The summed E-state index contributed by atoms with van der Waals surface area (Å²) in [7, 11) is 0. The van der Waals surface area contributed by atoms with Crippen LogP contribution in [-0.2, 0) is 11.3 Å². The minimum absolute atomic E-state index is 0.0463. The minimum atomic E-state index is -0.265. The van der Waals surface area contributed by atoms with Crippen LogP contribution in [-0.4, -0.2) is 19.0 Å². The molecule has 0 saturated carbocycles. The lowest BCUT2D eigenvalue weighted by atomic mass is 10.2. The Morgan fingerprint density at radius 1 is 1.29 bits per heavy atom. The SMILES string of the molecule is CC(C)CNCC(=O)NCc1ccc(F)cc1. The van der Waals surface area contributed by atoms with E-state index >= 15 is 0 Å². The summed E-state index contributed by atoms with van der Waals surface area (Å²) in [5.74, 6) is 0.216. The molecule has 0 aromatic heterocycles. The fourth-order valence-electron chi connectivity index (χ4n) is 1.34. The lowest BCUT2D eigenvalue weighted by Gasteiger charge is -2.08. The standard InChI is InChI=1S/C13H19FN2O/c1-10(2)7-15-9-13(17)16-8-11-3-5-12(14)6-4-11/h3-6,10,15H,7-9H2,1-2H3,(H,16,17). The second-order valence-electron chi connectivity index (χ2n) is 4.43. The first-order valence-electron chi connectivity index (χ1n) is 5.80. The lowest BCUT2D eigenvalue weighted by molar-refractivity contribution is -0.120. The first kappa shape index (κ1) is 13.6. The maximum Gasteiger partial charge on any atom is 0.234 e. The van der Waals surface area contributed by atoms with Gasteiger partial charge in [-0.2, -0.15) is 0 Å². The average molecular weight is 238 g/mol. The molecule has 0 aliphatic heterocycles. The first-order chi connectivity index (χ1) is 8.08. The molecule has 17 heavy (non-hydrogen) atoms. The molecular formula is C13H19FN2O. The predicted octanol–water partition coefficient (Wildman–Crippen LogP) is 1.69. The van der Waals surface area contributed by atoms with Crippen molar-refractivity contribution >= 4 is 5.91 Å². The molecule has 4 heteroatoms. The number of rotatable bonds is 6. The Hall–Kier alpha value is -1.42. The van der Waals surface area contributed by atoms with Gasteiger partial charge in [0.1, 0.15) is 5.82 Å². The molecule has 1 amide bonds. The van der Waals surface area contributed by atoms with E-state index in [-0.39, 0.29) is 11.7 Å². The highest BCUT2D eigenvalue weighted by Crippen LogP contribution is 2.01. The van der Waals surface area contributed by atoms with Gasteiger partial charge in [0.15, 0.2) is 0 Å². The number of nitrogens with one attached hydrogen (secondary N) is 2.